The fraction of sp³-hybridized carbons (Fsp3) is 0.211. The smallest absolute Gasteiger partial charge is 0.137 e. The second-order valence-corrected chi connectivity index (χ2v) is 6.04. The van der Waals surface area contributed by atoms with Crippen molar-refractivity contribution in [3.63, 3.8) is 0 Å². The van der Waals surface area contributed by atoms with E-state index in [9.17, 15) is 0 Å². The molecule has 0 aliphatic heterocycles. The molecule has 0 saturated heterocycles. The number of nitrogen functional groups attached to an aromatic ring is 1. The van der Waals surface area contributed by atoms with Crippen LogP contribution in [0, 0.1) is 6.92 Å². The van der Waals surface area contributed by atoms with Gasteiger partial charge >= 0.3 is 0 Å². The Morgan fingerprint density at radius 3 is 2.65 bits per heavy atom. The van der Waals surface area contributed by atoms with E-state index in [1.165, 1.54) is 5.56 Å². The van der Waals surface area contributed by atoms with Crippen molar-refractivity contribution in [2.45, 2.75) is 26.3 Å². The Hall–Kier alpha value is -2.75. The van der Waals surface area contributed by atoms with Crippen LogP contribution in [0.25, 0.3) is 16.7 Å². The quantitative estimate of drug-likeness (QED) is 0.583. The minimum atomic E-state index is 0.791. The molecule has 0 aliphatic carbocycles. The van der Waals surface area contributed by atoms with Crippen molar-refractivity contribution in [3.05, 3.63) is 65.9 Å². The first-order valence-corrected chi connectivity index (χ1v) is 8.00. The minimum Gasteiger partial charge on any atom is -0.399 e. The van der Waals surface area contributed by atoms with Crippen LogP contribution in [0.4, 0.5) is 5.69 Å². The van der Waals surface area contributed by atoms with Crippen molar-refractivity contribution < 1.29 is 0 Å². The molecule has 4 aromatic rings. The van der Waals surface area contributed by atoms with Crippen LogP contribution >= 0.6 is 0 Å². The minimum absolute atomic E-state index is 0.791. The Labute approximate surface area is 135 Å². The number of aryl methyl sites for hydroxylation is 3. The second kappa shape index (κ2) is 5.47. The van der Waals surface area contributed by atoms with Gasteiger partial charge in [-0.2, -0.15) is 5.10 Å². The van der Waals surface area contributed by atoms with Gasteiger partial charge in [0.15, 0.2) is 0 Å². The number of imidazole rings is 1. The van der Waals surface area contributed by atoms with E-state index in [4.69, 9.17) is 5.73 Å². The van der Waals surface area contributed by atoms with Crippen LogP contribution in [0.1, 0.15) is 17.7 Å². The first kappa shape index (κ1) is 13.9. The van der Waals surface area contributed by atoms with Gasteiger partial charge in [-0.1, -0.05) is 30.3 Å². The van der Waals surface area contributed by atoms with Gasteiger partial charge in [-0.05, 0) is 43.5 Å². The fourth-order valence-electron chi connectivity index (χ4n) is 3.24. The van der Waals surface area contributed by atoms with Gasteiger partial charge in [-0.15, -0.1) is 0 Å². The summed E-state index contributed by atoms with van der Waals surface area (Å²) in [4.78, 5) is 0. The average molecular weight is 304 g/mol. The summed E-state index contributed by atoms with van der Waals surface area (Å²) in [6, 6.07) is 18.8. The molecule has 116 valence electrons. The third-order valence-electron chi connectivity index (χ3n) is 4.30. The lowest BCUT2D eigenvalue weighted by Crippen LogP contribution is -2.00. The number of nitrogens with zero attached hydrogens (tertiary/aromatic N) is 3. The van der Waals surface area contributed by atoms with E-state index in [0.717, 1.165) is 47.4 Å². The van der Waals surface area contributed by atoms with Crippen molar-refractivity contribution in [2.24, 2.45) is 0 Å². The summed E-state index contributed by atoms with van der Waals surface area (Å²) in [5, 5.41) is 4.61. The number of fused-ring (bicyclic) bond motifs is 3. The monoisotopic (exact) mass is 304 g/mol. The van der Waals surface area contributed by atoms with Crippen molar-refractivity contribution in [3.8, 4) is 0 Å². The van der Waals surface area contributed by atoms with Crippen LogP contribution in [0.3, 0.4) is 0 Å². The number of anilines is 1. The summed E-state index contributed by atoms with van der Waals surface area (Å²) < 4.78 is 4.35. The molecule has 0 radical (unpaired) electrons. The Morgan fingerprint density at radius 2 is 1.83 bits per heavy atom. The highest BCUT2D eigenvalue weighted by molar-refractivity contribution is 5.84. The van der Waals surface area contributed by atoms with Crippen molar-refractivity contribution >= 4 is 22.4 Å². The highest BCUT2D eigenvalue weighted by Gasteiger charge is 2.12. The van der Waals surface area contributed by atoms with Gasteiger partial charge < -0.3 is 10.3 Å². The van der Waals surface area contributed by atoms with E-state index in [2.05, 4.69) is 52.1 Å². The normalized spacial score (nSPS) is 11.5. The highest BCUT2D eigenvalue weighted by Crippen LogP contribution is 2.24. The standard InChI is InChI=1S/C19H20N4/c1-14-12-19-22(11-5-8-15-6-3-2-4-7-15)18-13-16(20)9-10-17(18)23(19)21-14/h2-4,6-7,9-10,12-13H,5,8,11,20H2,1H3. The molecule has 0 atom stereocenters. The van der Waals surface area contributed by atoms with E-state index in [1.54, 1.807) is 0 Å². The predicted octanol–water partition coefficient (Wildman–Crippen LogP) is 3.81. The fourth-order valence-corrected chi connectivity index (χ4v) is 3.24. The Kier molecular flexibility index (Phi) is 3.30. The van der Waals surface area contributed by atoms with Gasteiger partial charge in [0.25, 0.3) is 0 Å². The summed E-state index contributed by atoms with van der Waals surface area (Å²) in [7, 11) is 0. The lowest BCUT2D eigenvalue weighted by molar-refractivity contribution is 0.673. The van der Waals surface area contributed by atoms with Crippen LogP contribution in [0.2, 0.25) is 0 Å². The van der Waals surface area contributed by atoms with Gasteiger partial charge in [-0.25, -0.2) is 4.52 Å². The van der Waals surface area contributed by atoms with Crippen molar-refractivity contribution in [1.29, 1.82) is 0 Å². The number of nitrogens with two attached hydrogens (primary N) is 1. The van der Waals surface area contributed by atoms with Crippen molar-refractivity contribution in [2.75, 3.05) is 5.73 Å². The Balaban J connectivity index is 1.70. The largest absolute Gasteiger partial charge is 0.399 e. The van der Waals surface area contributed by atoms with Gasteiger partial charge in [0.1, 0.15) is 5.65 Å². The Bertz CT molecular complexity index is 963. The van der Waals surface area contributed by atoms with Gasteiger partial charge in [0.2, 0.25) is 0 Å². The lowest BCUT2D eigenvalue weighted by Gasteiger charge is -2.06. The van der Waals surface area contributed by atoms with Crippen LogP contribution in [0.15, 0.2) is 54.6 Å². The lowest BCUT2D eigenvalue weighted by atomic mass is 10.1. The molecule has 0 amide bonds. The molecule has 2 aromatic carbocycles. The molecule has 4 rings (SSSR count). The van der Waals surface area contributed by atoms with Crippen LogP contribution in [-0.4, -0.2) is 14.2 Å². The second-order valence-electron chi connectivity index (χ2n) is 6.04. The molecule has 23 heavy (non-hydrogen) atoms. The molecule has 2 N–H and O–H groups in total. The highest BCUT2D eigenvalue weighted by atomic mass is 15.3. The number of hydrogen-bond acceptors (Lipinski definition) is 2. The maximum atomic E-state index is 5.99. The van der Waals surface area contributed by atoms with E-state index >= 15 is 0 Å². The van der Waals surface area contributed by atoms with Crippen molar-refractivity contribution in [1.82, 2.24) is 14.2 Å². The topological polar surface area (TPSA) is 48.2 Å². The van der Waals surface area contributed by atoms with E-state index < -0.39 is 0 Å². The number of benzene rings is 2. The first-order chi connectivity index (χ1) is 11.2. The molecule has 0 saturated carbocycles. The summed E-state index contributed by atoms with van der Waals surface area (Å²) in [6.45, 7) is 2.99. The summed E-state index contributed by atoms with van der Waals surface area (Å²) in [6.07, 6.45) is 2.16. The van der Waals surface area contributed by atoms with Gasteiger partial charge in [0, 0.05) is 18.3 Å². The van der Waals surface area contributed by atoms with Crippen LogP contribution in [0.5, 0.6) is 0 Å². The number of hydrogen-bond donors (Lipinski definition) is 1. The molecule has 0 spiro atoms. The molecule has 4 nitrogen and oxygen atoms in total. The molecule has 0 bridgehead atoms. The number of rotatable bonds is 4. The Morgan fingerprint density at radius 1 is 1.00 bits per heavy atom. The zero-order valence-corrected chi connectivity index (χ0v) is 13.2. The van der Waals surface area contributed by atoms with Crippen LogP contribution in [-0.2, 0) is 13.0 Å². The van der Waals surface area contributed by atoms with E-state index in [0.29, 0.717) is 0 Å². The third-order valence-corrected chi connectivity index (χ3v) is 4.30. The molecule has 2 aromatic heterocycles. The SMILES string of the molecule is Cc1cc2n(CCCc3ccccc3)c3cc(N)ccc3n2n1. The first-order valence-electron chi connectivity index (χ1n) is 8.00. The van der Waals surface area contributed by atoms with E-state index in [1.807, 2.05) is 23.6 Å². The zero-order valence-electron chi connectivity index (χ0n) is 13.2. The average Bonchev–Trinajstić information content (AvgIpc) is 3.05. The summed E-state index contributed by atoms with van der Waals surface area (Å²) in [5.74, 6) is 0. The molecule has 0 aliphatic rings. The maximum Gasteiger partial charge on any atom is 0.137 e. The number of aromatic nitrogens is 3. The maximum absolute atomic E-state index is 5.99. The molecule has 0 unspecified atom stereocenters. The summed E-state index contributed by atoms with van der Waals surface area (Å²) in [5.41, 5.74) is 12.6. The van der Waals surface area contributed by atoms with Gasteiger partial charge in [0.05, 0.1) is 16.7 Å². The third kappa shape index (κ3) is 2.46. The molecule has 0 fully saturated rings. The molecule has 4 heteroatoms. The van der Waals surface area contributed by atoms with Crippen LogP contribution < -0.4 is 5.73 Å². The summed E-state index contributed by atoms with van der Waals surface area (Å²) >= 11 is 0. The molecule has 2 heterocycles. The molecular formula is C19H20N4. The van der Waals surface area contributed by atoms with E-state index in [-0.39, 0.29) is 0 Å². The molecular weight excluding hydrogens is 284 g/mol. The zero-order chi connectivity index (χ0) is 15.8. The predicted molar refractivity (Wildman–Crippen MR) is 94.6 cm³/mol. The van der Waals surface area contributed by atoms with Gasteiger partial charge in [-0.3, -0.25) is 0 Å².